The van der Waals surface area contributed by atoms with Crippen molar-refractivity contribution in [2.24, 2.45) is 5.73 Å². The number of carbonyl (C=O) groups excluding carboxylic acids is 2. The molecular weight excluding hydrogens is 619 g/mol. The zero-order chi connectivity index (χ0) is 25.9. The van der Waals surface area contributed by atoms with Crippen LogP contribution >= 0.6 is 45.7 Å². The van der Waals surface area contributed by atoms with Crippen LogP contribution in [0.1, 0.15) is 30.7 Å². The van der Waals surface area contributed by atoms with E-state index in [1.54, 1.807) is 4.90 Å². The Kier molecular flexibility index (Phi) is 7.59. The molecule has 186 valence electrons. The third kappa shape index (κ3) is 5.14. The topological polar surface area (TPSA) is 125 Å². The molecule has 2 aromatic carbocycles. The highest BCUT2D eigenvalue weighted by atomic mass is 127. The van der Waals surface area contributed by atoms with Crippen molar-refractivity contribution >= 4 is 68.2 Å². The fourth-order valence-electron chi connectivity index (χ4n) is 4.51. The molecule has 2 heterocycles. The molecule has 0 spiro atoms. The minimum atomic E-state index is -0.503. The highest BCUT2D eigenvalue weighted by Gasteiger charge is 2.41. The molecule has 8 nitrogen and oxygen atoms in total. The van der Waals surface area contributed by atoms with Gasteiger partial charge in [-0.05, 0) is 53.1 Å². The van der Waals surface area contributed by atoms with Gasteiger partial charge in [-0.2, -0.15) is 5.26 Å². The highest BCUT2D eigenvalue weighted by molar-refractivity contribution is 14.1. The number of aromatic nitrogens is 2. The van der Waals surface area contributed by atoms with Crippen LogP contribution in [0, 0.1) is 14.9 Å². The molecule has 37 heavy (non-hydrogen) atoms. The number of nitriles is 1. The lowest BCUT2D eigenvalue weighted by Crippen LogP contribution is -2.38. The third-order valence-corrected chi connectivity index (χ3v) is 9.09. The summed E-state index contributed by atoms with van der Waals surface area (Å²) < 4.78 is 1.55. The summed E-state index contributed by atoms with van der Waals surface area (Å²) in [6.45, 7) is 0. The fourth-order valence-corrected chi connectivity index (χ4v) is 6.71. The molecule has 1 unspecified atom stereocenters. The van der Waals surface area contributed by atoms with Gasteiger partial charge in [-0.1, -0.05) is 65.6 Å². The minimum absolute atomic E-state index is 0.0201. The molecule has 1 aliphatic carbocycles. The first kappa shape index (κ1) is 25.4. The highest BCUT2D eigenvalue weighted by Crippen LogP contribution is 2.47. The molecule has 11 heteroatoms. The van der Waals surface area contributed by atoms with Gasteiger partial charge in [-0.3, -0.25) is 14.5 Å². The number of nitrogens with one attached hydrogen (secondary N) is 1. The first-order valence-electron chi connectivity index (χ1n) is 11.5. The first-order valence-corrected chi connectivity index (χ1v) is 14.4. The second kappa shape index (κ2) is 11.0. The van der Waals surface area contributed by atoms with Gasteiger partial charge in [0, 0.05) is 21.3 Å². The molecule has 1 atom stereocenters. The molecule has 3 aromatic rings. The standard InChI is InChI=1S/C26H21IN6O2S2/c27-17-9-4-5-10-18(17)30-21(35)14-36-26-32-31-25(37-26)33-19-11-6-12-20(34)23(19)22(16(13-28)24(33)29)15-7-2-1-3-8-15/h1-5,7-10,22H,6,11-12,14,29H2,(H,30,35). The Bertz CT molecular complexity index is 1480. The molecule has 3 N–H and O–H groups in total. The van der Waals surface area contributed by atoms with Gasteiger partial charge in [0.25, 0.3) is 0 Å². The van der Waals surface area contributed by atoms with Crippen LogP contribution in [0.5, 0.6) is 0 Å². The van der Waals surface area contributed by atoms with Crippen LogP contribution in [0.4, 0.5) is 10.8 Å². The molecular formula is C26H21IN6O2S2. The van der Waals surface area contributed by atoms with Gasteiger partial charge in [0.15, 0.2) is 10.1 Å². The van der Waals surface area contributed by atoms with Crippen LogP contribution in [-0.2, 0) is 9.59 Å². The molecule has 1 aliphatic heterocycles. The predicted octanol–water partition coefficient (Wildman–Crippen LogP) is 5.18. The molecule has 0 bridgehead atoms. The Morgan fingerprint density at radius 2 is 1.95 bits per heavy atom. The van der Waals surface area contributed by atoms with Crippen LogP contribution in [0.2, 0.25) is 0 Å². The van der Waals surface area contributed by atoms with Crippen molar-refractivity contribution in [3.8, 4) is 6.07 Å². The summed E-state index contributed by atoms with van der Waals surface area (Å²) in [5.41, 5.74) is 9.89. The number of hydrogen-bond donors (Lipinski definition) is 2. The lowest BCUT2D eigenvalue weighted by atomic mass is 9.76. The number of nitrogens with two attached hydrogens (primary N) is 1. The Morgan fingerprint density at radius 1 is 1.19 bits per heavy atom. The van der Waals surface area contributed by atoms with E-state index in [4.69, 9.17) is 5.73 Å². The van der Waals surface area contributed by atoms with E-state index in [1.165, 1.54) is 23.1 Å². The van der Waals surface area contributed by atoms with Crippen molar-refractivity contribution in [1.82, 2.24) is 10.2 Å². The van der Waals surface area contributed by atoms with E-state index in [0.29, 0.717) is 39.9 Å². The number of halogens is 1. The Hall–Kier alpha value is -3.21. The van der Waals surface area contributed by atoms with Crippen LogP contribution in [0.25, 0.3) is 0 Å². The van der Waals surface area contributed by atoms with E-state index in [9.17, 15) is 14.9 Å². The number of anilines is 2. The Balaban J connectivity index is 1.42. The number of thioether (sulfide) groups is 1. The molecule has 0 fully saturated rings. The third-order valence-electron chi connectivity index (χ3n) is 6.11. The Labute approximate surface area is 235 Å². The minimum Gasteiger partial charge on any atom is -0.384 e. The smallest absolute Gasteiger partial charge is 0.234 e. The lowest BCUT2D eigenvalue weighted by Gasteiger charge is -2.38. The van der Waals surface area contributed by atoms with Gasteiger partial charge in [-0.25, -0.2) is 0 Å². The van der Waals surface area contributed by atoms with Crippen molar-refractivity contribution in [2.75, 3.05) is 16.0 Å². The maximum absolute atomic E-state index is 13.2. The van der Waals surface area contributed by atoms with Crippen LogP contribution in [0.3, 0.4) is 0 Å². The van der Waals surface area contributed by atoms with Gasteiger partial charge >= 0.3 is 0 Å². The Morgan fingerprint density at radius 3 is 2.70 bits per heavy atom. The van der Waals surface area contributed by atoms with E-state index in [2.05, 4.69) is 44.2 Å². The van der Waals surface area contributed by atoms with Crippen molar-refractivity contribution in [1.29, 1.82) is 5.26 Å². The summed E-state index contributed by atoms with van der Waals surface area (Å²) >= 11 is 4.72. The molecule has 2 aliphatic rings. The SMILES string of the molecule is N#CC1=C(N)N(c2nnc(SCC(=O)Nc3ccccc3I)s2)C2=C(C(=O)CCC2)C1c1ccccc1. The summed E-state index contributed by atoms with van der Waals surface area (Å²) in [5, 5.41) is 22.0. The molecule has 0 radical (unpaired) electrons. The van der Waals surface area contributed by atoms with Gasteiger partial charge in [-0.15, -0.1) is 10.2 Å². The number of nitrogens with zero attached hydrogens (tertiary/aromatic N) is 4. The quantitative estimate of drug-likeness (QED) is 0.279. The second-order valence-corrected chi connectivity index (χ2v) is 11.7. The van der Waals surface area contributed by atoms with E-state index < -0.39 is 5.92 Å². The first-order chi connectivity index (χ1) is 18.0. The van der Waals surface area contributed by atoms with Crippen molar-refractivity contribution in [2.45, 2.75) is 29.5 Å². The summed E-state index contributed by atoms with van der Waals surface area (Å²) in [6.07, 6.45) is 1.77. The number of ketones is 1. The number of Topliss-reactive ketones (excluding diaryl/α,β-unsaturated/α-hetero) is 1. The number of allylic oxidation sites excluding steroid dienone is 3. The summed E-state index contributed by atoms with van der Waals surface area (Å²) in [6, 6.07) is 19.3. The van der Waals surface area contributed by atoms with Gasteiger partial charge in [0.1, 0.15) is 5.82 Å². The molecule has 1 amide bonds. The normalized spacial score (nSPS) is 17.5. The molecule has 5 rings (SSSR count). The second-order valence-electron chi connectivity index (χ2n) is 8.39. The molecule has 1 aromatic heterocycles. The fraction of sp³-hybridized carbons (Fsp3) is 0.192. The molecule has 0 saturated heterocycles. The average molecular weight is 641 g/mol. The maximum Gasteiger partial charge on any atom is 0.234 e. The van der Waals surface area contributed by atoms with Gasteiger partial charge < -0.3 is 11.1 Å². The summed E-state index contributed by atoms with van der Waals surface area (Å²) in [5.74, 6) is -0.211. The monoisotopic (exact) mass is 640 g/mol. The average Bonchev–Trinajstić information content (AvgIpc) is 3.37. The number of benzene rings is 2. The zero-order valence-corrected chi connectivity index (χ0v) is 23.3. The van der Waals surface area contributed by atoms with Crippen LogP contribution < -0.4 is 16.0 Å². The van der Waals surface area contributed by atoms with Gasteiger partial charge in [0.05, 0.1) is 29.0 Å². The van der Waals surface area contributed by atoms with E-state index >= 15 is 0 Å². The van der Waals surface area contributed by atoms with Crippen molar-refractivity contribution in [3.63, 3.8) is 0 Å². The van der Waals surface area contributed by atoms with Crippen molar-refractivity contribution < 1.29 is 9.59 Å². The van der Waals surface area contributed by atoms with Gasteiger partial charge in [0.2, 0.25) is 11.0 Å². The largest absolute Gasteiger partial charge is 0.384 e. The zero-order valence-electron chi connectivity index (χ0n) is 19.5. The lowest BCUT2D eigenvalue weighted by molar-refractivity contribution is -0.116. The van der Waals surface area contributed by atoms with E-state index in [1.807, 2.05) is 54.6 Å². The predicted molar refractivity (Wildman–Crippen MR) is 153 cm³/mol. The number of para-hydroxylation sites is 1. The summed E-state index contributed by atoms with van der Waals surface area (Å²) in [4.78, 5) is 27.4. The van der Waals surface area contributed by atoms with E-state index in [0.717, 1.165) is 20.5 Å². The number of amides is 1. The van der Waals surface area contributed by atoms with Crippen LogP contribution in [0.15, 0.2) is 81.6 Å². The maximum atomic E-state index is 13.2. The summed E-state index contributed by atoms with van der Waals surface area (Å²) in [7, 11) is 0. The number of rotatable bonds is 6. The number of hydrogen-bond acceptors (Lipinski definition) is 9. The van der Waals surface area contributed by atoms with Crippen LogP contribution in [-0.4, -0.2) is 27.6 Å². The van der Waals surface area contributed by atoms with E-state index in [-0.39, 0.29) is 23.3 Å². The van der Waals surface area contributed by atoms with Crippen molar-refractivity contribution in [3.05, 3.63) is 86.4 Å². The number of carbonyl (C=O) groups is 2. The molecule has 0 saturated carbocycles.